The zero-order chi connectivity index (χ0) is 12.9. The van der Waals surface area contributed by atoms with E-state index in [1.807, 2.05) is 0 Å². The number of nitrogens with one attached hydrogen (secondary N) is 1. The molecule has 3 nitrogen and oxygen atoms in total. The maximum Gasteiger partial charge on any atom is 0.180 e. The van der Waals surface area contributed by atoms with E-state index in [2.05, 4.69) is 10.2 Å². The molecule has 0 amide bonds. The van der Waals surface area contributed by atoms with Crippen molar-refractivity contribution in [3.8, 4) is 0 Å². The summed E-state index contributed by atoms with van der Waals surface area (Å²) in [5.74, 6) is 3.18. The van der Waals surface area contributed by atoms with E-state index in [0.29, 0.717) is 17.5 Å². The predicted octanol–water partition coefficient (Wildman–Crippen LogP) is 3.59. The molecule has 1 aromatic heterocycles. The molecule has 102 valence electrons. The van der Waals surface area contributed by atoms with Crippen LogP contribution >= 0.6 is 0 Å². The lowest BCUT2D eigenvalue weighted by Crippen LogP contribution is -2.46. The molecule has 0 unspecified atom stereocenters. The van der Waals surface area contributed by atoms with Gasteiger partial charge in [-0.25, -0.2) is 0 Å². The summed E-state index contributed by atoms with van der Waals surface area (Å²) in [6, 6.07) is 1.79. The fraction of sp³-hybridized carbons (Fsp3) is 0.750. The number of hydrogen-bond acceptors (Lipinski definition) is 2. The highest BCUT2D eigenvalue weighted by molar-refractivity contribution is 5.94. The lowest BCUT2D eigenvalue weighted by atomic mass is 9.48. The van der Waals surface area contributed by atoms with E-state index in [-0.39, 0.29) is 5.78 Å². The van der Waals surface area contributed by atoms with Gasteiger partial charge in [-0.2, -0.15) is 5.10 Å². The van der Waals surface area contributed by atoms with Crippen molar-refractivity contribution in [1.82, 2.24) is 10.2 Å². The molecule has 4 saturated carbocycles. The highest BCUT2D eigenvalue weighted by Gasteiger charge is 2.50. The molecule has 4 fully saturated rings. The van der Waals surface area contributed by atoms with E-state index < -0.39 is 0 Å². The number of carbonyl (C=O) groups is 1. The van der Waals surface area contributed by atoms with Gasteiger partial charge in [-0.3, -0.25) is 9.89 Å². The number of Topliss-reactive ketones (excluding diaryl/α,β-unsaturated/α-hetero) is 1. The van der Waals surface area contributed by atoms with Gasteiger partial charge < -0.3 is 0 Å². The first-order valence-corrected chi connectivity index (χ1v) is 7.75. The van der Waals surface area contributed by atoms with Crippen LogP contribution in [0.5, 0.6) is 0 Å². The third-order valence-electron chi connectivity index (χ3n) is 5.85. The van der Waals surface area contributed by atoms with Crippen LogP contribution in [0.4, 0.5) is 0 Å². The molecular formula is C16H22N2O. The van der Waals surface area contributed by atoms with E-state index >= 15 is 0 Å². The maximum absolute atomic E-state index is 12.1. The summed E-state index contributed by atoms with van der Waals surface area (Å²) in [5, 5.41) is 6.67. The molecule has 0 aliphatic heterocycles. The Morgan fingerprint density at radius 3 is 2.37 bits per heavy atom. The molecule has 4 aliphatic rings. The summed E-state index contributed by atoms with van der Waals surface area (Å²) in [6.07, 6.45) is 12.1. The van der Waals surface area contributed by atoms with Crippen LogP contribution in [0.3, 0.4) is 0 Å². The van der Waals surface area contributed by atoms with Gasteiger partial charge in [-0.15, -0.1) is 0 Å². The average molecular weight is 258 g/mol. The monoisotopic (exact) mass is 258 g/mol. The zero-order valence-corrected chi connectivity index (χ0v) is 11.4. The Balaban J connectivity index is 1.44. The van der Waals surface area contributed by atoms with Gasteiger partial charge >= 0.3 is 0 Å². The number of aromatic amines is 1. The van der Waals surface area contributed by atoms with Crippen molar-refractivity contribution >= 4 is 5.78 Å². The molecule has 3 heteroatoms. The van der Waals surface area contributed by atoms with Crippen molar-refractivity contribution < 1.29 is 4.79 Å². The number of ketones is 1. The van der Waals surface area contributed by atoms with Crippen molar-refractivity contribution in [3.05, 3.63) is 18.0 Å². The van der Waals surface area contributed by atoms with Gasteiger partial charge in [0, 0.05) is 12.6 Å². The fourth-order valence-corrected chi connectivity index (χ4v) is 5.52. The molecule has 0 atom stereocenters. The molecular weight excluding hydrogens is 236 g/mol. The van der Waals surface area contributed by atoms with Crippen LogP contribution in [0, 0.1) is 23.2 Å². The van der Waals surface area contributed by atoms with Crippen LogP contribution in [-0.4, -0.2) is 16.0 Å². The molecule has 4 aliphatic carbocycles. The molecule has 1 N–H and O–H groups in total. The minimum Gasteiger partial charge on any atom is -0.292 e. The first-order valence-electron chi connectivity index (χ1n) is 7.75. The minimum atomic E-state index is 0.244. The van der Waals surface area contributed by atoms with Gasteiger partial charge in [-0.05, 0) is 74.2 Å². The summed E-state index contributed by atoms with van der Waals surface area (Å²) in [6.45, 7) is 0. The van der Waals surface area contributed by atoms with Crippen LogP contribution in [0.15, 0.2) is 12.3 Å². The first kappa shape index (κ1) is 11.7. The highest BCUT2D eigenvalue weighted by Crippen LogP contribution is 2.61. The number of carbonyl (C=O) groups excluding carboxylic acids is 1. The van der Waals surface area contributed by atoms with Crippen molar-refractivity contribution in [3.63, 3.8) is 0 Å². The van der Waals surface area contributed by atoms with Crippen molar-refractivity contribution in [2.45, 2.75) is 51.4 Å². The van der Waals surface area contributed by atoms with E-state index in [4.69, 9.17) is 0 Å². The molecule has 1 aromatic rings. The van der Waals surface area contributed by atoms with E-state index in [1.165, 1.54) is 38.5 Å². The molecule has 1 heterocycles. The molecule has 0 aromatic carbocycles. The quantitative estimate of drug-likeness (QED) is 0.839. The van der Waals surface area contributed by atoms with Gasteiger partial charge in [0.2, 0.25) is 0 Å². The highest BCUT2D eigenvalue weighted by atomic mass is 16.1. The SMILES string of the molecule is O=C(CCC12CC3CC(CC(C3)C1)C2)c1ccn[nH]1. The van der Waals surface area contributed by atoms with Crippen LogP contribution in [-0.2, 0) is 0 Å². The smallest absolute Gasteiger partial charge is 0.180 e. The molecule has 0 spiro atoms. The molecule has 0 radical (unpaired) electrons. The summed E-state index contributed by atoms with van der Waals surface area (Å²) in [4.78, 5) is 12.1. The maximum atomic E-state index is 12.1. The Hall–Kier alpha value is -1.12. The number of aromatic nitrogens is 2. The molecule has 0 saturated heterocycles. The topological polar surface area (TPSA) is 45.8 Å². The second kappa shape index (κ2) is 4.19. The lowest BCUT2D eigenvalue weighted by molar-refractivity contribution is -0.0570. The minimum absolute atomic E-state index is 0.244. The Morgan fingerprint density at radius 2 is 1.84 bits per heavy atom. The average Bonchev–Trinajstić information content (AvgIpc) is 2.88. The molecule has 4 bridgehead atoms. The summed E-state index contributed by atoms with van der Waals surface area (Å²) in [5.41, 5.74) is 1.20. The largest absolute Gasteiger partial charge is 0.292 e. The van der Waals surface area contributed by atoms with Crippen molar-refractivity contribution in [2.24, 2.45) is 23.2 Å². The van der Waals surface area contributed by atoms with Crippen molar-refractivity contribution in [1.29, 1.82) is 0 Å². The van der Waals surface area contributed by atoms with Crippen molar-refractivity contribution in [2.75, 3.05) is 0 Å². The first-order chi connectivity index (χ1) is 9.22. The van der Waals surface area contributed by atoms with Crippen LogP contribution < -0.4 is 0 Å². The van der Waals surface area contributed by atoms with Crippen LogP contribution in [0.2, 0.25) is 0 Å². The predicted molar refractivity (Wildman–Crippen MR) is 72.8 cm³/mol. The Morgan fingerprint density at radius 1 is 1.21 bits per heavy atom. The Kier molecular flexibility index (Phi) is 2.58. The standard InChI is InChI=1S/C16H22N2O/c19-15(14-2-4-17-18-14)1-3-16-8-11-5-12(9-16)7-13(6-11)10-16/h2,4,11-13H,1,3,5-10H2,(H,17,18). The zero-order valence-electron chi connectivity index (χ0n) is 11.4. The third-order valence-corrected chi connectivity index (χ3v) is 5.85. The van der Waals surface area contributed by atoms with Crippen LogP contribution in [0.1, 0.15) is 61.9 Å². The Labute approximate surface area is 114 Å². The number of rotatable bonds is 4. The van der Waals surface area contributed by atoms with Gasteiger partial charge in [-0.1, -0.05) is 0 Å². The summed E-state index contributed by atoms with van der Waals surface area (Å²) in [7, 11) is 0. The fourth-order valence-electron chi connectivity index (χ4n) is 5.52. The third kappa shape index (κ3) is 2.03. The van der Waals surface area contributed by atoms with E-state index in [0.717, 1.165) is 24.2 Å². The normalized spacial score (nSPS) is 39.7. The lowest BCUT2D eigenvalue weighted by Gasteiger charge is -2.57. The number of H-pyrrole nitrogens is 1. The Bertz CT molecular complexity index is 442. The number of nitrogens with zero attached hydrogens (tertiary/aromatic N) is 1. The van der Waals surface area contributed by atoms with Gasteiger partial charge in [0.1, 0.15) is 5.69 Å². The van der Waals surface area contributed by atoms with E-state index in [9.17, 15) is 4.79 Å². The molecule has 19 heavy (non-hydrogen) atoms. The van der Waals surface area contributed by atoms with E-state index in [1.54, 1.807) is 12.3 Å². The summed E-state index contributed by atoms with van der Waals surface area (Å²) >= 11 is 0. The van der Waals surface area contributed by atoms with Crippen LogP contribution in [0.25, 0.3) is 0 Å². The number of hydrogen-bond donors (Lipinski definition) is 1. The van der Waals surface area contributed by atoms with Gasteiger partial charge in [0.05, 0.1) is 0 Å². The molecule has 5 rings (SSSR count). The van der Waals surface area contributed by atoms with Gasteiger partial charge in [0.15, 0.2) is 5.78 Å². The summed E-state index contributed by atoms with van der Waals surface area (Å²) < 4.78 is 0. The second-order valence-corrected chi connectivity index (χ2v) is 7.31. The second-order valence-electron chi connectivity index (χ2n) is 7.31. The van der Waals surface area contributed by atoms with Gasteiger partial charge in [0.25, 0.3) is 0 Å².